The van der Waals surface area contributed by atoms with Crippen LogP contribution in [-0.2, 0) is 14.8 Å². The summed E-state index contributed by atoms with van der Waals surface area (Å²) in [5.41, 5.74) is 1.18. The van der Waals surface area contributed by atoms with Crippen molar-refractivity contribution in [1.82, 2.24) is 10.3 Å². The fourth-order valence-corrected chi connectivity index (χ4v) is 4.47. The van der Waals surface area contributed by atoms with Crippen LogP contribution in [0.15, 0.2) is 36.5 Å². The number of carbonyl (C=O) groups excluding carboxylic acids is 1. The van der Waals surface area contributed by atoms with Crippen molar-refractivity contribution in [3.8, 4) is 0 Å². The molecule has 3 rings (SSSR count). The third-order valence-electron chi connectivity index (χ3n) is 4.87. The minimum Gasteiger partial charge on any atom is -0.354 e. The molecule has 0 atom stereocenters. The van der Waals surface area contributed by atoms with Crippen LogP contribution in [0.2, 0.25) is 0 Å². The van der Waals surface area contributed by atoms with Crippen LogP contribution in [0.25, 0.3) is 10.9 Å². The predicted molar refractivity (Wildman–Crippen MR) is 104 cm³/mol. The van der Waals surface area contributed by atoms with Crippen LogP contribution in [0, 0.1) is 5.92 Å². The maximum absolute atomic E-state index is 12.3. The number of rotatable bonds is 6. The van der Waals surface area contributed by atoms with Gasteiger partial charge in [-0.15, -0.1) is 0 Å². The SMILES string of the molecule is CS(=O)(=O)N(CCNC(=O)C1CCCCC1)c1cccc2cccnc12. The first-order valence-corrected chi connectivity index (χ1v) is 10.9. The summed E-state index contributed by atoms with van der Waals surface area (Å²) in [4.78, 5) is 16.6. The molecule has 1 aliphatic rings. The second-order valence-electron chi connectivity index (χ2n) is 6.81. The van der Waals surface area contributed by atoms with E-state index in [4.69, 9.17) is 0 Å². The van der Waals surface area contributed by atoms with Crippen molar-refractivity contribution >= 4 is 32.5 Å². The van der Waals surface area contributed by atoms with Gasteiger partial charge in [0, 0.05) is 24.0 Å². The molecule has 0 saturated heterocycles. The number of aromatic nitrogens is 1. The average Bonchev–Trinajstić information content (AvgIpc) is 2.64. The number of carbonyl (C=O) groups is 1. The molecule has 1 saturated carbocycles. The average molecular weight is 375 g/mol. The Hall–Kier alpha value is -2.15. The van der Waals surface area contributed by atoms with E-state index in [1.807, 2.05) is 24.3 Å². The van der Waals surface area contributed by atoms with Gasteiger partial charge in [0.15, 0.2) is 0 Å². The minimum atomic E-state index is -3.49. The minimum absolute atomic E-state index is 0.0363. The lowest BCUT2D eigenvalue weighted by molar-refractivity contribution is -0.125. The molecule has 1 N–H and O–H groups in total. The van der Waals surface area contributed by atoms with E-state index in [0.717, 1.165) is 31.1 Å². The number of para-hydroxylation sites is 1. The molecular formula is C19H25N3O3S. The molecular weight excluding hydrogens is 350 g/mol. The number of sulfonamides is 1. The number of anilines is 1. The molecule has 1 heterocycles. The zero-order chi connectivity index (χ0) is 18.6. The molecule has 26 heavy (non-hydrogen) atoms. The lowest BCUT2D eigenvalue weighted by Crippen LogP contribution is -2.40. The first-order chi connectivity index (χ1) is 12.5. The lowest BCUT2D eigenvalue weighted by Gasteiger charge is -2.25. The van der Waals surface area contributed by atoms with E-state index < -0.39 is 10.0 Å². The van der Waals surface area contributed by atoms with Crippen LogP contribution in [0.1, 0.15) is 32.1 Å². The smallest absolute Gasteiger partial charge is 0.232 e. The van der Waals surface area contributed by atoms with E-state index in [2.05, 4.69) is 10.3 Å². The molecule has 1 aromatic carbocycles. The molecule has 6 nitrogen and oxygen atoms in total. The van der Waals surface area contributed by atoms with Crippen molar-refractivity contribution in [1.29, 1.82) is 0 Å². The van der Waals surface area contributed by atoms with Crippen LogP contribution >= 0.6 is 0 Å². The summed E-state index contributed by atoms with van der Waals surface area (Å²) in [6.07, 6.45) is 8.06. The van der Waals surface area contributed by atoms with Crippen LogP contribution in [0.5, 0.6) is 0 Å². The van der Waals surface area contributed by atoms with Gasteiger partial charge in [-0.05, 0) is 25.0 Å². The highest BCUT2D eigenvalue weighted by Gasteiger charge is 2.23. The molecule has 0 aliphatic heterocycles. The van der Waals surface area contributed by atoms with Gasteiger partial charge in [0.25, 0.3) is 0 Å². The number of benzene rings is 1. The first-order valence-electron chi connectivity index (χ1n) is 9.06. The zero-order valence-corrected chi connectivity index (χ0v) is 15.8. The van der Waals surface area contributed by atoms with Crippen molar-refractivity contribution < 1.29 is 13.2 Å². The Morgan fingerprint density at radius 3 is 2.65 bits per heavy atom. The summed E-state index contributed by atoms with van der Waals surface area (Å²) in [7, 11) is -3.49. The Kier molecular flexibility index (Phi) is 5.76. The van der Waals surface area contributed by atoms with Crippen molar-refractivity contribution in [3.05, 3.63) is 36.5 Å². The normalized spacial score (nSPS) is 15.7. The standard InChI is InChI=1S/C19H25N3O3S/c1-26(24,25)22(14-13-21-19(23)16-7-3-2-4-8-16)17-11-5-9-15-10-6-12-20-18(15)17/h5-6,9-12,16H,2-4,7-8,13-14H2,1H3,(H,21,23). The third-order valence-corrected chi connectivity index (χ3v) is 6.05. The highest BCUT2D eigenvalue weighted by molar-refractivity contribution is 7.92. The van der Waals surface area contributed by atoms with E-state index in [1.54, 1.807) is 12.3 Å². The number of nitrogens with one attached hydrogen (secondary N) is 1. The van der Waals surface area contributed by atoms with E-state index in [1.165, 1.54) is 17.0 Å². The summed E-state index contributed by atoms with van der Waals surface area (Å²) < 4.78 is 26.0. The molecule has 0 bridgehead atoms. The lowest BCUT2D eigenvalue weighted by atomic mass is 9.89. The van der Waals surface area contributed by atoms with Gasteiger partial charge < -0.3 is 5.32 Å². The van der Waals surface area contributed by atoms with E-state index in [-0.39, 0.29) is 24.9 Å². The number of hydrogen-bond acceptors (Lipinski definition) is 4. The van der Waals surface area contributed by atoms with Crippen LogP contribution in [0.3, 0.4) is 0 Å². The maximum atomic E-state index is 12.3. The van der Waals surface area contributed by atoms with Crippen LogP contribution in [0.4, 0.5) is 5.69 Å². The first kappa shape index (κ1) is 18.6. The van der Waals surface area contributed by atoms with Crippen molar-refractivity contribution in [2.45, 2.75) is 32.1 Å². The summed E-state index contributed by atoms with van der Waals surface area (Å²) in [6, 6.07) is 9.19. The van der Waals surface area contributed by atoms with Gasteiger partial charge in [0.2, 0.25) is 15.9 Å². The Morgan fingerprint density at radius 2 is 1.92 bits per heavy atom. The summed E-state index contributed by atoms with van der Waals surface area (Å²) >= 11 is 0. The zero-order valence-electron chi connectivity index (χ0n) is 15.0. The number of hydrogen-bond donors (Lipinski definition) is 1. The quantitative estimate of drug-likeness (QED) is 0.842. The molecule has 1 amide bonds. The highest BCUT2D eigenvalue weighted by atomic mass is 32.2. The molecule has 140 valence electrons. The number of amides is 1. The molecule has 0 unspecified atom stereocenters. The molecule has 0 spiro atoms. The van der Waals surface area contributed by atoms with Gasteiger partial charge >= 0.3 is 0 Å². The second kappa shape index (κ2) is 8.03. The Labute approximate surface area is 154 Å². The monoisotopic (exact) mass is 375 g/mol. The highest BCUT2D eigenvalue weighted by Crippen LogP contribution is 2.26. The Balaban J connectivity index is 1.74. The molecule has 1 aromatic heterocycles. The van der Waals surface area contributed by atoms with Crippen molar-refractivity contribution in [3.63, 3.8) is 0 Å². The fraction of sp³-hybridized carbons (Fsp3) is 0.474. The topological polar surface area (TPSA) is 79.4 Å². The van der Waals surface area contributed by atoms with Gasteiger partial charge in [-0.2, -0.15) is 0 Å². The van der Waals surface area contributed by atoms with Gasteiger partial charge in [0.1, 0.15) is 0 Å². The maximum Gasteiger partial charge on any atom is 0.232 e. The Bertz CT molecular complexity index is 871. The van der Waals surface area contributed by atoms with E-state index in [9.17, 15) is 13.2 Å². The molecule has 0 radical (unpaired) electrons. The number of nitrogens with zero attached hydrogens (tertiary/aromatic N) is 2. The van der Waals surface area contributed by atoms with Gasteiger partial charge in [-0.1, -0.05) is 37.5 Å². The second-order valence-corrected chi connectivity index (χ2v) is 8.72. The molecule has 1 aliphatic carbocycles. The van der Waals surface area contributed by atoms with E-state index in [0.29, 0.717) is 11.2 Å². The summed E-state index contributed by atoms with van der Waals surface area (Å²) in [6.45, 7) is 0.471. The van der Waals surface area contributed by atoms with E-state index >= 15 is 0 Å². The van der Waals surface area contributed by atoms with Crippen LogP contribution in [-0.4, -0.2) is 38.7 Å². The van der Waals surface area contributed by atoms with Crippen molar-refractivity contribution in [2.24, 2.45) is 5.92 Å². The summed E-state index contributed by atoms with van der Waals surface area (Å²) in [5.74, 6) is 0.101. The third kappa shape index (κ3) is 4.33. The molecule has 7 heteroatoms. The van der Waals surface area contributed by atoms with Gasteiger partial charge in [-0.3, -0.25) is 14.1 Å². The van der Waals surface area contributed by atoms with Gasteiger partial charge in [0.05, 0.1) is 24.0 Å². The fourth-order valence-electron chi connectivity index (χ4n) is 3.54. The van der Waals surface area contributed by atoms with Crippen molar-refractivity contribution in [2.75, 3.05) is 23.7 Å². The summed E-state index contributed by atoms with van der Waals surface area (Å²) in [5, 5.41) is 3.79. The number of fused-ring (bicyclic) bond motifs is 1. The molecule has 1 fully saturated rings. The molecule has 2 aromatic rings. The largest absolute Gasteiger partial charge is 0.354 e. The number of pyridine rings is 1. The predicted octanol–water partition coefficient (Wildman–Crippen LogP) is 2.70. The van der Waals surface area contributed by atoms with Gasteiger partial charge in [-0.25, -0.2) is 8.42 Å². The van der Waals surface area contributed by atoms with Crippen LogP contribution < -0.4 is 9.62 Å². The Morgan fingerprint density at radius 1 is 1.19 bits per heavy atom.